The zero-order chi connectivity index (χ0) is 28.3. The zero-order valence-electron chi connectivity index (χ0n) is 23.4. The minimum Gasteiger partial charge on any atom is -0.308 e. The molecule has 0 radical (unpaired) electrons. The van der Waals surface area contributed by atoms with Crippen LogP contribution >= 0.6 is 0 Å². The average Bonchev–Trinajstić information content (AvgIpc) is 3.42. The van der Waals surface area contributed by atoms with Gasteiger partial charge in [0.1, 0.15) is 0 Å². The lowest BCUT2D eigenvalue weighted by Crippen LogP contribution is -1.99. The summed E-state index contributed by atoms with van der Waals surface area (Å²) in [5.74, 6) is 0. The number of aromatic nitrogens is 2. The molecule has 0 spiro atoms. The van der Waals surface area contributed by atoms with Crippen molar-refractivity contribution >= 4 is 21.9 Å². The van der Waals surface area contributed by atoms with Gasteiger partial charge < -0.3 is 4.57 Å². The molecule has 0 N–H and O–H groups in total. The highest BCUT2D eigenvalue weighted by atomic mass is 15.0. The molecule has 1 aliphatic carbocycles. The van der Waals surface area contributed by atoms with E-state index in [1.165, 1.54) is 55.6 Å². The van der Waals surface area contributed by atoms with Gasteiger partial charge in [0.25, 0.3) is 0 Å². The maximum Gasteiger partial charge on any atom is 0.0963 e. The highest BCUT2D eigenvalue weighted by molar-refractivity contribution is 6.08. The van der Waals surface area contributed by atoms with Crippen molar-refractivity contribution in [1.82, 2.24) is 9.55 Å². The lowest BCUT2D eigenvalue weighted by atomic mass is 9.78. The van der Waals surface area contributed by atoms with E-state index >= 15 is 0 Å². The summed E-state index contributed by atoms with van der Waals surface area (Å²) in [6.07, 6.45) is 1.88. The number of hydrogen-bond donors (Lipinski definition) is 0. The van der Waals surface area contributed by atoms with Crippen molar-refractivity contribution in [1.29, 1.82) is 0 Å². The molecule has 6 aromatic carbocycles. The molecule has 2 nitrogen and oxygen atoms in total. The zero-order valence-corrected chi connectivity index (χ0v) is 23.4. The van der Waals surface area contributed by atoms with Gasteiger partial charge in [-0.1, -0.05) is 121 Å². The van der Waals surface area contributed by atoms with Gasteiger partial charge >= 0.3 is 0 Å². The quantitative estimate of drug-likeness (QED) is 0.211. The first kappa shape index (κ1) is 23.9. The highest BCUT2D eigenvalue weighted by Gasteiger charge is 2.24. The van der Waals surface area contributed by atoms with E-state index in [2.05, 4.69) is 150 Å². The molecule has 0 fully saturated rings. The van der Waals surface area contributed by atoms with Crippen molar-refractivity contribution in [3.63, 3.8) is 0 Å². The fourth-order valence-corrected chi connectivity index (χ4v) is 7.02. The second-order valence-corrected chi connectivity index (χ2v) is 11.1. The number of rotatable bonds is 2. The molecule has 0 aliphatic heterocycles. The van der Waals surface area contributed by atoms with E-state index in [0.717, 1.165) is 27.6 Å². The molecule has 9 rings (SSSR count). The van der Waals surface area contributed by atoms with E-state index in [1.54, 1.807) is 0 Å². The maximum absolute atomic E-state index is 4.76. The average molecular weight is 547 g/mol. The topological polar surface area (TPSA) is 17.8 Å². The van der Waals surface area contributed by atoms with E-state index in [4.69, 9.17) is 4.98 Å². The summed E-state index contributed by atoms with van der Waals surface area (Å²) in [5, 5.41) is 1.16. The second-order valence-electron chi connectivity index (χ2n) is 11.1. The van der Waals surface area contributed by atoms with Crippen LogP contribution in [-0.4, -0.2) is 9.55 Å². The molecule has 2 heteroatoms. The van der Waals surface area contributed by atoms with Crippen LogP contribution in [0.3, 0.4) is 0 Å². The minimum absolute atomic E-state index is 1.03. The molecule has 8 aromatic rings. The Bertz CT molecular complexity index is 2300. The predicted molar refractivity (Wildman–Crippen MR) is 179 cm³/mol. The Kier molecular flexibility index (Phi) is 5.23. The number of pyridine rings is 1. The standard InChI is InChI=1S/C41H26N2/c1-2-15-31-30(14-1)32-16-3-4-17-34(32)36-22-10-21-29(40(36)35-19-6-5-18-33(31)35)27-12-9-13-28(26-27)43-38-23-8-7-20-37(38)41-39(43)24-11-25-42-41/h1-26H. The first-order chi connectivity index (χ1) is 21.4. The van der Waals surface area contributed by atoms with Gasteiger partial charge in [-0.2, -0.15) is 0 Å². The Balaban J connectivity index is 1.34. The lowest BCUT2D eigenvalue weighted by molar-refractivity contribution is 1.18. The van der Waals surface area contributed by atoms with Crippen LogP contribution < -0.4 is 0 Å². The van der Waals surface area contributed by atoms with Crippen LogP contribution in [0.1, 0.15) is 0 Å². The monoisotopic (exact) mass is 546 g/mol. The van der Waals surface area contributed by atoms with Crippen molar-refractivity contribution in [3.8, 4) is 61.3 Å². The van der Waals surface area contributed by atoms with Gasteiger partial charge in [0.15, 0.2) is 0 Å². The number of nitrogens with zero attached hydrogens (tertiary/aromatic N) is 2. The molecule has 0 saturated heterocycles. The van der Waals surface area contributed by atoms with Crippen molar-refractivity contribution in [2.24, 2.45) is 0 Å². The second kappa shape index (κ2) is 9.40. The van der Waals surface area contributed by atoms with Gasteiger partial charge in [-0.05, 0) is 86.0 Å². The summed E-state index contributed by atoms with van der Waals surface area (Å²) in [6.45, 7) is 0. The largest absolute Gasteiger partial charge is 0.308 e. The van der Waals surface area contributed by atoms with Crippen LogP contribution in [0.25, 0.3) is 83.3 Å². The molecule has 43 heavy (non-hydrogen) atoms. The van der Waals surface area contributed by atoms with Gasteiger partial charge in [-0.3, -0.25) is 4.98 Å². The minimum atomic E-state index is 1.03. The van der Waals surface area contributed by atoms with Crippen LogP contribution in [-0.2, 0) is 0 Å². The lowest BCUT2D eigenvalue weighted by Gasteiger charge is -2.25. The van der Waals surface area contributed by atoms with E-state index in [9.17, 15) is 0 Å². The Labute approximate surface area is 250 Å². The molecule has 0 bridgehead atoms. The van der Waals surface area contributed by atoms with Crippen LogP contribution in [0.4, 0.5) is 0 Å². The SMILES string of the molecule is c1cc(-c2cccc3c2-c2ccccc2-c2ccccc2-c2ccccc2-3)cc(-n2c3ccccc3c3ncccc32)c1. The summed E-state index contributed by atoms with van der Waals surface area (Å²) >= 11 is 0. The molecule has 1 aliphatic rings. The third kappa shape index (κ3) is 3.57. The summed E-state index contributed by atoms with van der Waals surface area (Å²) < 4.78 is 2.34. The van der Waals surface area contributed by atoms with Gasteiger partial charge in [0.2, 0.25) is 0 Å². The van der Waals surface area contributed by atoms with Crippen LogP contribution in [0.5, 0.6) is 0 Å². The first-order valence-electron chi connectivity index (χ1n) is 14.7. The third-order valence-electron chi connectivity index (χ3n) is 8.83. The van der Waals surface area contributed by atoms with Gasteiger partial charge in [0, 0.05) is 17.3 Å². The number of fused-ring (bicyclic) bond motifs is 11. The molecular weight excluding hydrogens is 520 g/mol. The maximum atomic E-state index is 4.76. The molecule has 0 unspecified atom stereocenters. The van der Waals surface area contributed by atoms with E-state index in [0.29, 0.717) is 0 Å². The van der Waals surface area contributed by atoms with Crippen molar-refractivity contribution < 1.29 is 0 Å². The molecule has 200 valence electrons. The van der Waals surface area contributed by atoms with E-state index in [-0.39, 0.29) is 0 Å². The third-order valence-corrected chi connectivity index (χ3v) is 8.83. The first-order valence-corrected chi connectivity index (χ1v) is 14.7. The summed E-state index contributed by atoms with van der Waals surface area (Å²) in [7, 11) is 0. The normalized spacial score (nSPS) is 11.7. The fraction of sp³-hybridized carbons (Fsp3) is 0. The van der Waals surface area contributed by atoms with E-state index in [1.807, 2.05) is 12.3 Å². The number of benzene rings is 6. The predicted octanol–water partition coefficient (Wildman–Crippen LogP) is 10.8. The molecule has 2 heterocycles. The van der Waals surface area contributed by atoms with Crippen LogP contribution in [0, 0.1) is 0 Å². The van der Waals surface area contributed by atoms with Crippen LogP contribution in [0.2, 0.25) is 0 Å². The van der Waals surface area contributed by atoms with E-state index < -0.39 is 0 Å². The van der Waals surface area contributed by atoms with Crippen molar-refractivity contribution in [2.45, 2.75) is 0 Å². The smallest absolute Gasteiger partial charge is 0.0963 e. The number of para-hydroxylation sites is 1. The molecular formula is C41H26N2. The van der Waals surface area contributed by atoms with Gasteiger partial charge in [-0.25, -0.2) is 0 Å². The fourth-order valence-electron chi connectivity index (χ4n) is 7.02. The summed E-state index contributed by atoms with van der Waals surface area (Å²) in [4.78, 5) is 4.76. The Morgan fingerprint density at radius 1 is 0.395 bits per heavy atom. The summed E-state index contributed by atoms with van der Waals surface area (Å²) in [5.41, 5.74) is 16.9. The van der Waals surface area contributed by atoms with Crippen molar-refractivity contribution in [2.75, 3.05) is 0 Å². The molecule has 0 saturated carbocycles. The van der Waals surface area contributed by atoms with Gasteiger partial charge in [0.05, 0.1) is 16.6 Å². The summed E-state index contributed by atoms with van der Waals surface area (Å²) in [6, 6.07) is 55.0. The van der Waals surface area contributed by atoms with Crippen molar-refractivity contribution in [3.05, 3.63) is 158 Å². The highest BCUT2D eigenvalue weighted by Crippen LogP contribution is 2.50. The molecule has 2 aromatic heterocycles. The molecule has 0 atom stereocenters. The Hall–Kier alpha value is -5.73. The number of hydrogen-bond acceptors (Lipinski definition) is 1. The van der Waals surface area contributed by atoms with Gasteiger partial charge in [-0.15, -0.1) is 0 Å². The van der Waals surface area contributed by atoms with Crippen LogP contribution in [0.15, 0.2) is 158 Å². The Morgan fingerprint density at radius 3 is 1.67 bits per heavy atom. The molecule has 0 amide bonds. The Morgan fingerprint density at radius 2 is 0.930 bits per heavy atom.